The lowest BCUT2D eigenvalue weighted by atomic mass is 10.1. The molecule has 5 nitrogen and oxygen atoms in total. The minimum absolute atomic E-state index is 0.0611. The average molecular weight is 229 g/mol. The third kappa shape index (κ3) is 2.87. The normalized spacial score (nSPS) is 19.3. The molecule has 1 fully saturated rings. The van der Waals surface area contributed by atoms with Crippen LogP contribution in [0.4, 0.5) is 0 Å². The Balaban J connectivity index is 1.86. The van der Waals surface area contributed by atoms with Crippen molar-refractivity contribution >= 4 is 11.3 Å². The van der Waals surface area contributed by atoms with Crippen molar-refractivity contribution in [2.24, 2.45) is 0 Å². The molecule has 1 aliphatic rings. The van der Waals surface area contributed by atoms with Gasteiger partial charge in [0.15, 0.2) is 0 Å². The molecule has 0 aromatic carbocycles. The van der Waals surface area contributed by atoms with E-state index >= 15 is 0 Å². The van der Waals surface area contributed by atoms with Crippen LogP contribution >= 0.6 is 11.3 Å². The van der Waals surface area contributed by atoms with Gasteiger partial charge in [-0.25, -0.2) is 0 Å². The molecule has 1 aromatic rings. The Kier molecular flexibility index (Phi) is 3.50. The maximum absolute atomic E-state index is 8.84. The van der Waals surface area contributed by atoms with E-state index in [-0.39, 0.29) is 12.7 Å². The summed E-state index contributed by atoms with van der Waals surface area (Å²) in [6, 6.07) is 0. The molecule has 0 spiro atoms. The van der Waals surface area contributed by atoms with Crippen LogP contribution in [0.25, 0.3) is 0 Å². The lowest BCUT2D eigenvalue weighted by Crippen LogP contribution is -2.35. The van der Waals surface area contributed by atoms with Crippen LogP contribution in [0.5, 0.6) is 5.19 Å². The van der Waals surface area contributed by atoms with Crippen molar-refractivity contribution in [1.29, 1.82) is 0 Å². The van der Waals surface area contributed by atoms with Crippen LogP contribution in [0.15, 0.2) is 0 Å². The Morgan fingerprint density at radius 3 is 2.80 bits per heavy atom. The van der Waals surface area contributed by atoms with E-state index in [1.807, 2.05) is 0 Å². The SMILES string of the molecule is CN1CCC(Oc2nnc(CO)s2)CC1. The molecule has 2 rings (SSSR count). The summed E-state index contributed by atoms with van der Waals surface area (Å²) >= 11 is 1.32. The van der Waals surface area contributed by atoms with E-state index < -0.39 is 0 Å². The van der Waals surface area contributed by atoms with Crippen LogP contribution in [0.1, 0.15) is 17.8 Å². The van der Waals surface area contributed by atoms with Gasteiger partial charge >= 0.3 is 0 Å². The average Bonchev–Trinajstić information content (AvgIpc) is 2.69. The number of aromatic nitrogens is 2. The van der Waals surface area contributed by atoms with Gasteiger partial charge in [-0.05, 0) is 19.9 Å². The Bertz CT molecular complexity index is 310. The molecule has 1 aromatic heterocycles. The molecule has 1 saturated heterocycles. The summed E-state index contributed by atoms with van der Waals surface area (Å²) in [5, 5.41) is 17.7. The zero-order chi connectivity index (χ0) is 10.7. The molecule has 2 heterocycles. The second-order valence-corrected chi connectivity index (χ2v) is 4.76. The number of nitrogens with zero attached hydrogens (tertiary/aromatic N) is 3. The second kappa shape index (κ2) is 4.87. The third-order valence-electron chi connectivity index (χ3n) is 2.52. The van der Waals surface area contributed by atoms with Gasteiger partial charge < -0.3 is 14.7 Å². The van der Waals surface area contributed by atoms with Crippen LogP contribution in [0, 0.1) is 0 Å². The Morgan fingerprint density at radius 2 is 2.20 bits per heavy atom. The first-order valence-corrected chi connectivity index (χ1v) is 5.88. The highest BCUT2D eigenvalue weighted by molar-refractivity contribution is 7.13. The molecule has 0 unspecified atom stereocenters. The van der Waals surface area contributed by atoms with Gasteiger partial charge in [0.2, 0.25) is 0 Å². The zero-order valence-corrected chi connectivity index (χ0v) is 9.53. The Hall–Kier alpha value is -0.720. The number of likely N-dealkylation sites (tertiary alicyclic amines) is 1. The summed E-state index contributed by atoms with van der Waals surface area (Å²) in [6.07, 6.45) is 2.32. The van der Waals surface area contributed by atoms with E-state index in [9.17, 15) is 0 Å². The van der Waals surface area contributed by atoms with E-state index in [0.717, 1.165) is 25.9 Å². The summed E-state index contributed by atoms with van der Waals surface area (Å²) in [4.78, 5) is 2.29. The molecule has 1 N–H and O–H groups in total. The minimum atomic E-state index is -0.0611. The van der Waals surface area contributed by atoms with Crippen molar-refractivity contribution < 1.29 is 9.84 Å². The van der Waals surface area contributed by atoms with Crippen LogP contribution in [0.2, 0.25) is 0 Å². The highest BCUT2D eigenvalue weighted by Gasteiger charge is 2.19. The maximum atomic E-state index is 8.84. The van der Waals surface area contributed by atoms with E-state index in [1.54, 1.807) is 0 Å². The van der Waals surface area contributed by atoms with Gasteiger partial charge in [0.05, 0.1) is 6.61 Å². The van der Waals surface area contributed by atoms with Gasteiger partial charge in [0, 0.05) is 13.1 Å². The third-order valence-corrected chi connectivity index (χ3v) is 3.32. The topological polar surface area (TPSA) is 58.5 Å². The summed E-state index contributed by atoms with van der Waals surface area (Å²) < 4.78 is 5.69. The number of ether oxygens (including phenoxy) is 1. The number of piperidine rings is 1. The molecule has 6 heteroatoms. The smallest absolute Gasteiger partial charge is 0.294 e. The molecule has 0 radical (unpaired) electrons. The second-order valence-electron chi connectivity index (χ2n) is 3.74. The first-order chi connectivity index (χ1) is 7.28. The predicted octanol–water partition coefficient (Wildman–Crippen LogP) is 0.503. The molecule has 0 amide bonds. The maximum Gasteiger partial charge on any atom is 0.294 e. The standard InChI is InChI=1S/C9H15N3O2S/c1-12-4-2-7(3-5-12)14-9-11-10-8(6-13)15-9/h7,13H,2-6H2,1H3. The number of hydrogen-bond acceptors (Lipinski definition) is 6. The zero-order valence-electron chi connectivity index (χ0n) is 8.72. The van der Waals surface area contributed by atoms with Crippen molar-refractivity contribution in [2.45, 2.75) is 25.6 Å². The lowest BCUT2D eigenvalue weighted by molar-refractivity contribution is 0.113. The van der Waals surface area contributed by atoms with Crippen LogP contribution in [-0.2, 0) is 6.61 Å². The minimum Gasteiger partial charge on any atom is -0.466 e. The number of aliphatic hydroxyl groups excluding tert-OH is 1. The monoisotopic (exact) mass is 229 g/mol. The van der Waals surface area contributed by atoms with Crippen LogP contribution < -0.4 is 4.74 Å². The molecular weight excluding hydrogens is 214 g/mol. The van der Waals surface area contributed by atoms with Crippen LogP contribution in [-0.4, -0.2) is 46.4 Å². The van der Waals surface area contributed by atoms with E-state index in [0.29, 0.717) is 10.2 Å². The number of rotatable bonds is 3. The summed E-state index contributed by atoms with van der Waals surface area (Å²) in [6.45, 7) is 2.07. The molecule has 0 bridgehead atoms. The van der Waals surface area contributed by atoms with Crippen molar-refractivity contribution in [2.75, 3.05) is 20.1 Å². The fourth-order valence-electron chi connectivity index (χ4n) is 1.60. The Morgan fingerprint density at radius 1 is 1.47 bits per heavy atom. The fourth-order valence-corrected chi connectivity index (χ4v) is 2.21. The quantitative estimate of drug-likeness (QED) is 0.818. The Labute approximate surface area is 92.7 Å². The molecule has 0 atom stereocenters. The number of hydrogen-bond donors (Lipinski definition) is 1. The molecule has 1 aliphatic heterocycles. The van der Waals surface area contributed by atoms with Gasteiger partial charge in [0.25, 0.3) is 5.19 Å². The van der Waals surface area contributed by atoms with Gasteiger partial charge in [0.1, 0.15) is 11.1 Å². The molecule has 84 valence electrons. The molecule has 15 heavy (non-hydrogen) atoms. The largest absolute Gasteiger partial charge is 0.466 e. The van der Waals surface area contributed by atoms with E-state index in [4.69, 9.17) is 9.84 Å². The predicted molar refractivity (Wildman–Crippen MR) is 57.0 cm³/mol. The lowest BCUT2D eigenvalue weighted by Gasteiger charge is -2.28. The summed E-state index contributed by atoms with van der Waals surface area (Å²) in [7, 11) is 2.12. The first-order valence-electron chi connectivity index (χ1n) is 5.06. The summed E-state index contributed by atoms with van der Waals surface area (Å²) in [5.74, 6) is 0. The van der Waals surface area contributed by atoms with Crippen molar-refractivity contribution in [3.63, 3.8) is 0 Å². The summed E-state index contributed by atoms with van der Waals surface area (Å²) in [5.41, 5.74) is 0. The number of aliphatic hydroxyl groups is 1. The van der Waals surface area contributed by atoms with E-state index in [2.05, 4.69) is 22.1 Å². The van der Waals surface area contributed by atoms with Gasteiger partial charge in [-0.2, -0.15) is 0 Å². The van der Waals surface area contributed by atoms with Crippen molar-refractivity contribution in [1.82, 2.24) is 15.1 Å². The molecule has 0 saturated carbocycles. The fraction of sp³-hybridized carbons (Fsp3) is 0.778. The van der Waals surface area contributed by atoms with Gasteiger partial charge in [-0.3, -0.25) is 0 Å². The van der Waals surface area contributed by atoms with Gasteiger partial charge in [-0.15, -0.1) is 5.10 Å². The van der Waals surface area contributed by atoms with Crippen molar-refractivity contribution in [3.8, 4) is 5.19 Å². The van der Waals surface area contributed by atoms with E-state index in [1.165, 1.54) is 11.3 Å². The molecule has 0 aliphatic carbocycles. The highest BCUT2D eigenvalue weighted by atomic mass is 32.1. The van der Waals surface area contributed by atoms with Crippen molar-refractivity contribution in [3.05, 3.63) is 5.01 Å². The van der Waals surface area contributed by atoms with Gasteiger partial charge in [-0.1, -0.05) is 16.4 Å². The van der Waals surface area contributed by atoms with Crippen LogP contribution in [0.3, 0.4) is 0 Å². The molecular formula is C9H15N3O2S. The first kappa shape index (κ1) is 10.8. The highest BCUT2D eigenvalue weighted by Crippen LogP contribution is 2.22.